The number of hydrogen-bond acceptors (Lipinski definition) is 7. The van der Waals surface area contributed by atoms with Gasteiger partial charge >= 0.3 is 0 Å². The lowest BCUT2D eigenvalue weighted by Gasteiger charge is -2.34. The van der Waals surface area contributed by atoms with Crippen molar-refractivity contribution in [3.8, 4) is 34.3 Å². The second-order valence-electron chi connectivity index (χ2n) is 7.90. The zero-order chi connectivity index (χ0) is 24.9. The first-order valence-electron chi connectivity index (χ1n) is 11.1. The van der Waals surface area contributed by atoms with Gasteiger partial charge in [0.1, 0.15) is 11.4 Å². The van der Waals surface area contributed by atoms with Crippen LogP contribution in [0.3, 0.4) is 0 Å². The number of rotatable bonds is 7. The van der Waals surface area contributed by atoms with Crippen molar-refractivity contribution in [1.29, 1.82) is 0 Å². The van der Waals surface area contributed by atoms with Crippen molar-refractivity contribution in [3.63, 3.8) is 0 Å². The maximum Gasteiger partial charge on any atom is 0.272 e. The standard InChI is InChI=1S/C25H28N4O6/c1-32-18-7-5-6-16(12-18)19-15-20(27-26-19)25(31)29-10-8-28(9-11-29)24(30)17-13-21(33-2)23(35-4)22(14-17)34-3/h5-7,12-15H,8-11H2,1-4H3,(H,26,27). The molecule has 10 heteroatoms. The first kappa shape index (κ1) is 23.9. The van der Waals surface area contributed by atoms with E-state index in [0.29, 0.717) is 66.1 Å². The minimum Gasteiger partial charge on any atom is -0.497 e. The number of amides is 2. The number of benzene rings is 2. The predicted molar refractivity (Wildman–Crippen MR) is 128 cm³/mol. The van der Waals surface area contributed by atoms with Crippen molar-refractivity contribution in [2.45, 2.75) is 0 Å². The molecule has 0 saturated carbocycles. The van der Waals surface area contributed by atoms with Gasteiger partial charge in [-0.2, -0.15) is 5.10 Å². The Bertz CT molecular complexity index is 1190. The number of piperazine rings is 1. The highest BCUT2D eigenvalue weighted by Crippen LogP contribution is 2.38. The van der Waals surface area contributed by atoms with Gasteiger partial charge in [-0.15, -0.1) is 0 Å². The fourth-order valence-electron chi connectivity index (χ4n) is 4.03. The molecule has 1 aliphatic heterocycles. The maximum atomic E-state index is 13.1. The predicted octanol–water partition coefficient (Wildman–Crippen LogP) is 2.71. The van der Waals surface area contributed by atoms with Gasteiger partial charge in [0.25, 0.3) is 11.8 Å². The number of methoxy groups -OCH3 is 4. The van der Waals surface area contributed by atoms with Crippen molar-refractivity contribution < 1.29 is 28.5 Å². The number of H-pyrrole nitrogens is 1. The average Bonchev–Trinajstić information content (AvgIpc) is 3.42. The molecule has 2 heterocycles. The Kier molecular flexibility index (Phi) is 7.09. The maximum absolute atomic E-state index is 13.1. The van der Waals surface area contributed by atoms with Crippen LogP contribution in [0.4, 0.5) is 0 Å². The van der Waals surface area contributed by atoms with Gasteiger partial charge in [-0.3, -0.25) is 14.7 Å². The summed E-state index contributed by atoms with van der Waals surface area (Å²) in [5, 5.41) is 7.11. The third kappa shape index (κ3) is 4.86. The summed E-state index contributed by atoms with van der Waals surface area (Å²) in [5.74, 6) is 1.64. The molecule has 0 radical (unpaired) electrons. The molecule has 3 aromatic rings. The van der Waals surface area contributed by atoms with Crippen molar-refractivity contribution in [2.24, 2.45) is 0 Å². The topological polar surface area (TPSA) is 106 Å². The minimum absolute atomic E-state index is 0.161. The summed E-state index contributed by atoms with van der Waals surface area (Å²) in [6.07, 6.45) is 0. The number of carbonyl (C=O) groups is 2. The summed E-state index contributed by atoms with van der Waals surface area (Å²) in [6.45, 7) is 1.61. The summed E-state index contributed by atoms with van der Waals surface area (Å²) < 4.78 is 21.3. The fourth-order valence-corrected chi connectivity index (χ4v) is 4.03. The molecule has 1 aliphatic rings. The number of nitrogens with zero attached hydrogens (tertiary/aromatic N) is 3. The summed E-state index contributed by atoms with van der Waals surface area (Å²) in [6, 6.07) is 12.5. The summed E-state index contributed by atoms with van der Waals surface area (Å²) in [4.78, 5) is 29.6. The zero-order valence-electron chi connectivity index (χ0n) is 20.2. The van der Waals surface area contributed by atoms with E-state index in [1.54, 1.807) is 35.1 Å². The van der Waals surface area contributed by atoms with Crippen LogP contribution in [0.2, 0.25) is 0 Å². The molecule has 35 heavy (non-hydrogen) atoms. The lowest BCUT2D eigenvalue weighted by molar-refractivity contribution is 0.0532. The van der Waals surface area contributed by atoms with Crippen LogP contribution < -0.4 is 18.9 Å². The van der Waals surface area contributed by atoms with Gasteiger partial charge in [-0.25, -0.2) is 0 Å². The Hall–Kier alpha value is -4.21. The third-order valence-corrected chi connectivity index (χ3v) is 5.94. The van der Waals surface area contributed by atoms with Crippen LogP contribution in [0.25, 0.3) is 11.3 Å². The molecule has 0 aliphatic carbocycles. The number of aromatic amines is 1. The van der Waals surface area contributed by atoms with Crippen molar-refractivity contribution in [3.05, 3.63) is 53.7 Å². The Morgan fingerprint density at radius 2 is 1.43 bits per heavy atom. The molecule has 0 spiro atoms. The highest BCUT2D eigenvalue weighted by atomic mass is 16.5. The van der Waals surface area contributed by atoms with E-state index in [-0.39, 0.29) is 11.8 Å². The molecule has 1 saturated heterocycles. The molecule has 1 aromatic heterocycles. The van der Waals surface area contributed by atoms with Crippen LogP contribution in [0, 0.1) is 0 Å². The first-order chi connectivity index (χ1) is 17.0. The van der Waals surface area contributed by atoms with Gasteiger partial charge in [-0.05, 0) is 30.3 Å². The van der Waals surface area contributed by atoms with Crippen molar-refractivity contribution in [1.82, 2.24) is 20.0 Å². The van der Waals surface area contributed by atoms with Gasteiger partial charge in [0, 0.05) is 37.3 Å². The second-order valence-corrected chi connectivity index (χ2v) is 7.90. The summed E-state index contributed by atoms with van der Waals surface area (Å²) in [5.41, 5.74) is 2.33. The zero-order valence-corrected chi connectivity index (χ0v) is 20.2. The molecule has 0 unspecified atom stereocenters. The number of carbonyl (C=O) groups excluding carboxylic acids is 2. The average molecular weight is 481 g/mol. The van der Waals surface area contributed by atoms with E-state index in [0.717, 1.165) is 5.56 Å². The normalized spacial score (nSPS) is 13.4. The molecule has 184 valence electrons. The van der Waals surface area contributed by atoms with Crippen LogP contribution in [-0.4, -0.2) is 86.4 Å². The van der Waals surface area contributed by atoms with E-state index in [2.05, 4.69) is 10.2 Å². The number of ether oxygens (including phenoxy) is 4. The van der Waals surface area contributed by atoms with Gasteiger partial charge in [0.15, 0.2) is 11.5 Å². The molecule has 4 rings (SSSR count). The Balaban J connectivity index is 1.42. The molecule has 2 amide bonds. The SMILES string of the molecule is COc1cccc(-c2cc(C(=O)N3CCN(C(=O)c4cc(OC)c(OC)c(OC)c4)CC3)[nH]n2)c1. The monoisotopic (exact) mass is 480 g/mol. The van der Waals surface area contributed by atoms with Crippen LogP contribution in [0.1, 0.15) is 20.8 Å². The molecule has 0 bridgehead atoms. The van der Waals surface area contributed by atoms with E-state index in [4.69, 9.17) is 18.9 Å². The first-order valence-corrected chi connectivity index (χ1v) is 11.1. The quantitative estimate of drug-likeness (QED) is 0.554. The largest absolute Gasteiger partial charge is 0.497 e. The Morgan fingerprint density at radius 3 is 2.00 bits per heavy atom. The molecule has 0 atom stereocenters. The van der Waals surface area contributed by atoms with Crippen LogP contribution in [0.15, 0.2) is 42.5 Å². The molecular formula is C25H28N4O6. The number of aromatic nitrogens is 2. The van der Waals surface area contributed by atoms with Gasteiger partial charge < -0.3 is 28.7 Å². The van der Waals surface area contributed by atoms with E-state index in [1.165, 1.54) is 21.3 Å². The van der Waals surface area contributed by atoms with Crippen molar-refractivity contribution in [2.75, 3.05) is 54.6 Å². The summed E-state index contributed by atoms with van der Waals surface area (Å²) >= 11 is 0. The van der Waals surface area contributed by atoms with Gasteiger partial charge in [0.05, 0.1) is 34.1 Å². The lowest BCUT2D eigenvalue weighted by atomic mass is 10.1. The summed E-state index contributed by atoms with van der Waals surface area (Å²) in [7, 11) is 6.12. The smallest absolute Gasteiger partial charge is 0.272 e. The number of hydrogen-bond donors (Lipinski definition) is 1. The van der Waals surface area contributed by atoms with Crippen molar-refractivity contribution >= 4 is 11.8 Å². The third-order valence-electron chi connectivity index (χ3n) is 5.94. The highest BCUT2D eigenvalue weighted by molar-refractivity contribution is 5.96. The minimum atomic E-state index is -0.168. The van der Waals surface area contributed by atoms with E-state index >= 15 is 0 Å². The van der Waals surface area contributed by atoms with E-state index in [1.807, 2.05) is 24.3 Å². The van der Waals surface area contributed by atoms with E-state index < -0.39 is 0 Å². The fraction of sp³-hybridized carbons (Fsp3) is 0.320. The van der Waals surface area contributed by atoms with Crippen LogP contribution in [-0.2, 0) is 0 Å². The molecule has 2 aromatic carbocycles. The Morgan fingerprint density at radius 1 is 0.800 bits per heavy atom. The second kappa shape index (κ2) is 10.4. The van der Waals surface area contributed by atoms with Gasteiger partial charge in [-0.1, -0.05) is 12.1 Å². The number of nitrogens with one attached hydrogen (secondary N) is 1. The highest BCUT2D eigenvalue weighted by Gasteiger charge is 2.28. The van der Waals surface area contributed by atoms with Crippen LogP contribution in [0.5, 0.6) is 23.0 Å². The van der Waals surface area contributed by atoms with Crippen LogP contribution >= 0.6 is 0 Å². The lowest BCUT2D eigenvalue weighted by Crippen LogP contribution is -2.50. The molecular weight excluding hydrogens is 452 g/mol. The van der Waals surface area contributed by atoms with E-state index in [9.17, 15) is 9.59 Å². The molecule has 10 nitrogen and oxygen atoms in total. The molecule has 1 N–H and O–H groups in total. The molecule has 1 fully saturated rings. The van der Waals surface area contributed by atoms with Gasteiger partial charge in [0.2, 0.25) is 5.75 Å². The Labute approximate surface area is 203 Å².